The average Bonchev–Trinajstić information content (AvgIpc) is 3.10. The van der Waals surface area contributed by atoms with Gasteiger partial charge in [-0.3, -0.25) is 9.48 Å². The van der Waals surface area contributed by atoms with Crippen LogP contribution in [0.4, 0.5) is 0 Å². The molecule has 0 bridgehead atoms. The Kier molecular flexibility index (Phi) is 4.49. The number of fused-ring (bicyclic) bond motifs is 5. The number of nitrogens with zero attached hydrogens (tertiary/aromatic N) is 2. The first-order chi connectivity index (χ1) is 14.1. The lowest BCUT2D eigenvalue weighted by Crippen LogP contribution is -2.50. The van der Waals surface area contributed by atoms with E-state index in [0.29, 0.717) is 23.5 Å². The second kappa shape index (κ2) is 6.66. The summed E-state index contributed by atoms with van der Waals surface area (Å²) in [4.78, 5) is 13.6. The van der Waals surface area contributed by atoms with E-state index in [0.717, 1.165) is 67.5 Å². The van der Waals surface area contributed by atoms with Crippen LogP contribution in [0.1, 0.15) is 75.7 Å². The van der Waals surface area contributed by atoms with Crippen LogP contribution in [-0.4, -0.2) is 26.8 Å². The monoisotopic (exact) mass is 408 g/mol. The predicted octanol–water partition coefficient (Wildman–Crippen LogP) is 4.92. The lowest BCUT2D eigenvalue weighted by Gasteiger charge is -2.56. The van der Waals surface area contributed by atoms with Gasteiger partial charge in [-0.1, -0.05) is 25.5 Å². The quantitative estimate of drug-likeness (QED) is 0.530. The second-order valence-corrected chi connectivity index (χ2v) is 11.0. The van der Waals surface area contributed by atoms with E-state index in [-0.39, 0.29) is 16.9 Å². The van der Waals surface area contributed by atoms with Crippen LogP contribution in [0.5, 0.6) is 0 Å². The van der Waals surface area contributed by atoms with Crippen LogP contribution < -0.4 is 0 Å². The van der Waals surface area contributed by atoms with Crippen molar-refractivity contribution in [2.45, 2.75) is 78.7 Å². The molecule has 4 heteroatoms. The van der Waals surface area contributed by atoms with Crippen molar-refractivity contribution >= 4 is 11.9 Å². The zero-order valence-electron chi connectivity index (χ0n) is 19.2. The zero-order chi connectivity index (χ0) is 21.4. The van der Waals surface area contributed by atoms with Crippen molar-refractivity contribution in [3.63, 3.8) is 0 Å². The van der Waals surface area contributed by atoms with E-state index >= 15 is 0 Å². The largest absolute Gasteiger partial charge is 0.393 e. The fourth-order valence-electron chi connectivity index (χ4n) is 7.61. The van der Waals surface area contributed by atoms with Crippen LogP contribution in [-0.2, 0) is 11.8 Å². The molecule has 4 aliphatic rings. The molecule has 1 heterocycles. The molecule has 30 heavy (non-hydrogen) atoms. The van der Waals surface area contributed by atoms with Gasteiger partial charge in [-0.2, -0.15) is 5.10 Å². The lowest BCUT2D eigenvalue weighted by atomic mass is 9.48. The summed E-state index contributed by atoms with van der Waals surface area (Å²) in [6.07, 6.45) is 11.4. The van der Waals surface area contributed by atoms with Crippen LogP contribution in [0.15, 0.2) is 17.2 Å². The standard InChI is InChI=1S/C26H36N2O2/c1-15-21(16(2)28(5)27-15)12-17-13-23-20-7-6-18-14-19(29)8-10-25(18,3)22(20)9-11-26(23,4)24(17)30/h6,12,19-20,22-23,29H,7-11,13-14H2,1-5H3/b17-12-/t19-,20-,22-,23-,25+,26+/m1/s1. The van der Waals surface area contributed by atoms with Crippen LogP contribution in [0, 0.1) is 42.4 Å². The van der Waals surface area contributed by atoms with Crippen molar-refractivity contribution in [3.05, 3.63) is 34.2 Å². The Morgan fingerprint density at radius 2 is 1.87 bits per heavy atom. The topological polar surface area (TPSA) is 55.1 Å². The van der Waals surface area contributed by atoms with Crippen molar-refractivity contribution in [2.75, 3.05) is 0 Å². The molecular formula is C26H36N2O2. The minimum Gasteiger partial charge on any atom is -0.393 e. The number of aryl methyl sites for hydroxylation is 2. The number of aliphatic hydroxyl groups excluding tert-OH is 1. The van der Waals surface area contributed by atoms with Crippen LogP contribution >= 0.6 is 0 Å². The summed E-state index contributed by atoms with van der Waals surface area (Å²) in [5.74, 6) is 2.05. The number of carbonyl (C=O) groups is 1. The molecule has 3 fully saturated rings. The first-order valence-electron chi connectivity index (χ1n) is 11.8. The van der Waals surface area contributed by atoms with Crippen molar-refractivity contribution in [1.82, 2.24) is 9.78 Å². The summed E-state index contributed by atoms with van der Waals surface area (Å²) >= 11 is 0. The molecule has 0 radical (unpaired) electrons. The highest BCUT2D eigenvalue weighted by atomic mass is 16.3. The molecule has 3 saturated carbocycles. The molecule has 1 aromatic rings. The fraction of sp³-hybridized carbons (Fsp3) is 0.692. The van der Waals surface area contributed by atoms with Gasteiger partial charge in [-0.05, 0) is 93.6 Å². The molecule has 0 unspecified atom stereocenters. The minimum absolute atomic E-state index is 0.164. The van der Waals surface area contributed by atoms with Gasteiger partial charge >= 0.3 is 0 Å². The van der Waals surface area contributed by atoms with Gasteiger partial charge in [0.25, 0.3) is 0 Å². The van der Waals surface area contributed by atoms with Gasteiger partial charge in [0, 0.05) is 23.7 Å². The first kappa shape index (κ1) is 20.2. The Hall–Kier alpha value is -1.68. The summed E-state index contributed by atoms with van der Waals surface area (Å²) in [6, 6.07) is 0. The highest BCUT2D eigenvalue weighted by molar-refractivity contribution is 6.06. The van der Waals surface area contributed by atoms with E-state index in [1.54, 1.807) is 0 Å². The smallest absolute Gasteiger partial charge is 0.165 e. The van der Waals surface area contributed by atoms with E-state index in [1.165, 1.54) is 5.57 Å². The van der Waals surface area contributed by atoms with Crippen LogP contribution in [0.25, 0.3) is 6.08 Å². The third-order valence-electron chi connectivity index (χ3n) is 9.60. The van der Waals surface area contributed by atoms with E-state index in [4.69, 9.17) is 0 Å². The number of ketones is 1. The van der Waals surface area contributed by atoms with Crippen molar-refractivity contribution in [3.8, 4) is 0 Å². The molecule has 6 atom stereocenters. The van der Waals surface area contributed by atoms with E-state index in [9.17, 15) is 9.90 Å². The molecule has 4 nitrogen and oxygen atoms in total. The van der Waals surface area contributed by atoms with Gasteiger partial charge in [0.1, 0.15) is 0 Å². The highest BCUT2D eigenvalue weighted by Gasteiger charge is 2.59. The van der Waals surface area contributed by atoms with Crippen molar-refractivity contribution in [2.24, 2.45) is 35.6 Å². The summed E-state index contributed by atoms with van der Waals surface area (Å²) in [7, 11) is 1.97. The van der Waals surface area contributed by atoms with Crippen molar-refractivity contribution < 1.29 is 9.90 Å². The molecule has 0 aromatic carbocycles. The van der Waals surface area contributed by atoms with Gasteiger partial charge in [-0.25, -0.2) is 0 Å². The number of allylic oxidation sites excluding steroid dienone is 2. The van der Waals surface area contributed by atoms with Gasteiger partial charge < -0.3 is 5.11 Å². The third-order valence-corrected chi connectivity index (χ3v) is 9.60. The van der Waals surface area contributed by atoms with E-state index in [2.05, 4.69) is 38.0 Å². The molecule has 5 rings (SSSR count). The Morgan fingerprint density at radius 3 is 2.57 bits per heavy atom. The third kappa shape index (κ3) is 2.68. The minimum atomic E-state index is -0.215. The normalized spacial score (nSPS) is 42.0. The van der Waals surface area contributed by atoms with Gasteiger partial charge in [0.15, 0.2) is 5.78 Å². The highest BCUT2D eigenvalue weighted by Crippen LogP contribution is 2.64. The molecule has 0 spiro atoms. The Bertz CT molecular complexity index is 970. The maximum atomic E-state index is 13.6. The summed E-state index contributed by atoms with van der Waals surface area (Å²) in [5.41, 5.74) is 5.77. The number of hydrogen-bond donors (Lipinski definition) is 1. The Labute approximate surface area is 180 Å². The number of hydrogen-bond acceptors (Lipinski definition) is 3. The molecule has 0 aliphatic heterocycles. The maximum Gasteiger partial charge on any atom is 0.165 e. The summed E-state index contributed by atoms with van der Waals surface area (Å²) in [5, 5.41) is 14.8. The van der Waals surface area contributed by atoms with Crippen molar-refractivity contribution in [1.29, 1.82) is 0 Å². The first-order valence-corrected chi connectivity index (χ1v) is 11.8. The van der Waals surface area contributed by atoms with E-state index < -0.39 is 0 Å². The molecule has 4 aliphatic carbocycles. The zero-order valence-corrected chi connectivity index (χ0v) is 19.2. The van der Waals surface area contributed by atoms with Gasteiger partial charge in [0.2, 0.25) is 0 Å². The number of carbonyl (C=O) groups excluding carboxylic acids is 1. The summed E-state index contributed by atoms with van der Waals surface area (Å²) in [6.45, 7) is 8.81. The lowest BCUT2D eigenvalue weighted by molar-refractivity contribution is -0.130. The number of aliphatic hydroxyl groups is 1. The number of rotatable bonds is 1. The number of Topliss-reactive ketones (excluding diaryl/α,β-unsaturated/α-hetero) is 1. The molecule has 162 valence electrons. The van der Waals surface area contributed by atoms with Crippen LogP contribution in [0.3, 0.4) is 0 Å². The van der Waals surface area contributed by atoms with Crippen LogP contribution in [0.2, 0.25) is 0 Å². The maximum absolute atomic E-state index is 13.6. The molecular weight excluding hydrogens is 372 g/mol. The molecule has 1 aromatic heterocycles. The number of aromatic nitrogens is 2. The van der Waals surface area contributed by atoms with E-state index in [1.807, 2.05) is 18.7 Å². The SMILES string of the molecule is Cc1nn(C)c(C)c1/C=C1/C[C@@H]2[C@@H]3CC=C4C[C@H](O)CC[C@]4(C)[C@@H]3CC[C@]2(C)C1=O. The summed E-state index contributed by atoms with van der Waals surface area (Å²) < 4.78 is 1.91. The average molecular weight is 409 g/mol. The van der Waals surface area contributed by atoms with Gasteiger partial charge in [0.05, 0.1) is 11.8 Å². The fourth-order valence-corrected chi connectivity index (χ4v) is 7.61. The predicted molar refractivity (Wildman–Crippen MR) is 119 cm³/mol. The Morgan fingerprint density at radius 1 is 1.13 bits per heavy atom. The Balaban J connectivity index is 1.50. The molecule has 0 saturated heterocycles. The molecule has 1 N–H and O–H groups in total. The second-order valence-electron chi connectivity index (χ2n) is 11.0. The molecule has 0 amide bonds. The van der Waals surface area contributed by atoms with Gasteiger partial charge in [-0.15, -0.1) is 0 Å².